The summed E-state index contributed by atoms with van der Waals surface area (Å²) in [5.41, 5.74) is 5.01. The van der Waals surface area contributed by atoms with Gasteiger partial charge in [-0.3, -0.25) is 14.9 Å². The van der Waals surface area contributed by atoms with E-state index in [1.165, 1.54) is 0 Å². The van der Waals surface area contributed by atoms with Crippen LogP contribution < -0.4 is 19.7 Å². The molecule has 2 heterocycles. The molecule has 1 fully saturated rings. The molecule has 0 spiro atoms. The van der Waals surface area contributed by atoms with E-state index in [1.54, 1.807) is 31.2 Å². The number of carbonyl (C=O) groups is 3. The maximum absolute atomic E-state index is 14.1. The van der Waals surface area contributed by atoms with Crippen LogP contribution in [0.5, 0.6) is 11.5 Å². The number of urea groups is 1. The van der Waals surface area contributed by atoms with E-state index < -0.39 is 17.8 Å². The molecule has 6 rings (SSSR count). The van der Waals surface area contributed by atoms with Crippen LogP contribution in [-0.4, -0.2) is 35.6 Å². The van der Waals surface area contributed by atoms with Gasteiger partial charge in [0.05, 0.1) is 30.3 Å². The van der Waals surface area contributed by atoms with E-state index in [1.807, 2.05) is 104 Å². The lowest BCUT2D eigenvalue weighted by atomic mass is 10.0. The zero-order valence-electron chi connectivity index (χ0n) is 24.9. The van der Waals surface area contributed by atoms with Crippen LogP contribution in [0.2, 0.25) is 0 Å². The van der Waals surface area contributed by atoms with E-state index in [-0.39, 0.29) is 11.3 Å². The quantitative estimate of drug-likeness (QED) is 0.143. The Morgan fingerprint density at radius 1 is 0.711 bits per heavy atom. The molecule has 0 aliphatic carbocycles. The number of imide groups is 2. The minimum atomic E-state index is -0.869. The zero-order chi connectivity index (χ0) is 31.3. The smallest absolute Gasteiger partial charge is 0.336 e. The molecule has 0 radical (unpaired) electrons. The molecule has 0 saturated carbocycles. The van der Waals surface area contributed by atoms with Crippen molar-refractivity contribution in [1.82, 2.24) is 9.88 Å². The summed E-state index contributed by atoms with van der Waals surface area (Å²) in [5.74, 6) is -0.790. The predicted molar refractivity (Wildman–Crippen MR) is 174 cm³/mol. The number of anilines is 1. The standard InChI is InChI=1S/C37H31N3O5/c1-3-44-29-20-21-33(45-4-2)32(24-29)40-36(42)30(35(41)38-37(40)43)22-27-23-31(25-14-8-5-9-15-25)39(28-18-12-7-13-19-28)34(27)26-16-10-6-11-17-26/h5-24H,3-4H2,1-2H3,(H,38,41,43)/b30-22-. The summed E-state index contributed by atoms with van der Waals surface area (Å²) in [5, 5.41) is 2.35. The minimum absolute atomic E-state index is 0.179. The fraction of sp³-hybridized carbons (Fsp3) is 0.108. The maximum atomic E-state index is 14.1. The summed E-state index contributed by atoms with van der Waals surface area (Å²) in [4.78, 5) is 41.6. The van der Waals surface area contributed by atoms with Crippen molar-refractivity contribution in [2.75, 3.05) is 18.1 Å². The molecule has 8 nitrogen and oxygen atoms in total. The normalized spacial score (nSPS) is 14.0. The number of ether oxygens (including phenoxy) is 2. The monoisotopic (exact) mass is 597 g/mol. The van der Waals surface area contributed by atoms with Crippen LogP contribution in [0.3, 0.4) is 0 Å². The Bertz CT molecular complexity index is 1900. The molecule has 1 aliphatic rings. The van der Waals surface area contributed by atoms with Gasteiger partial charge in [-0.05, 0) is 61.4 Å². The van der Waals surface area contributed by atoms with Gasteiger partial charge in [0.2, 0.25) is 0 Å². The highest BCUT2D eigenvalue weighted by atomic mass is 16.5. The van der Waals surface area contributed by atoms with Crippen molar-refractivity contribution in [3.63, 3.8) is 0 Å². The highest BCUT2D eigenvalue weighted by molar-refractivity contribution is 6.39. The van der Waals surface area contributed by atoms with E-state index in [0.717, 1.165) is 33.1 Å². The SMILES string of the molecule is CCOc1ccc(OCC)c(N2C(=O)NC(=O)/C(=C/c3cc(-c4ccccc4)n(-c4ccccc4)c3-c3ccccc3)C2=O)c1. The van der Waals surface area contributed by atoms with Crippen molar-refractivity contribution >= 4 is 29.6 Å². The Labute approximate surface area is 261 Å². The van der Waals surface area contributed by atoms with Crippen LogP contribution in [-0.2, 0) is 9.59 Å². The average molecular weight is 598 g/mol. The zero-order valence-corrected chi connectivity index (χ0v) is 24.9. The van der Waals surface area contributed by atoms with Gasteiger partial charge < -0.3 is 14.0 Å². The van der Waals surface area contributed by atoms with Gasteiger partial charge in [-0.15, -0.1) is 0 Å². The van der Waals surface area contributed by atoms with Gasteiger partial charge in [0.25, 0.3) is 11.8 Å². The second-order valence-corrected chi connectivity index (χ2v) is 10.2. The highest BCUT2D eigenvalue weighted by Crippen LogP contribution is 2.39. The van der Waals surface area contributed by atoms with Crippen LogP contribution in [0.15, 0.2) is 121 Å². The van der Waals surface area contributed by atoms with E-state index in [4.69, 9.17) is 9.47 Å². The Balaban J connectivity index is 1.57. The number of barbiturate groups is 1. The fourth-order valence-electron chi connectivity index (χ4n) is 5.44. The van der Waals surface area contributed by atoms with Gasteiger partial charge in [0, 0.05) is 17.3 Å². The third-order valence-corrected chi connectivity index (χ3v) is 7.35. The molecule has 4 aromatic carbocycles. The number of carbonyl (C=O) groups excluding carboxylic acids is 3. The van der Waals surface area contributed by atoms with Gasteiger partial charge in [-0.2, -0.15) is 0 Å². The molecular formula is C37H31N3O5. The van der Waals surface area contributed by atoms with E-state index in [2.05, 4.69) is 9.88 Å². The molecule has 0 atom stereocenters. The minimum Gasteiger partial charge on any atom is -0.494 e. The number of nitrogens with zero attached hydrogens (tertiary/aromatic N) is 2. The average Bonchev–Trinajstić information content (AvgIpc) is 3.45. The van der Waals surface area contributed by atoms with Crippen molar-refractivity contribution in [2.45, 2.75) is 13.8 Å². The second kappa shape index (κ2) is 12.8. The number of hydrogen-bond donors (Lipinski definition) is 1. The van der Waals surface area contributed by atoms with Crippen LogP contribution in [0, 0.1) is 0 Å². The molecule has 8 heteroatoms. The lowest BCUT2D eigenvalue weighted by molar-refractivity contribution is -0.122. The molecule has 45 heavy (non-hydrogen) atoms. The summed E-state index contributed by atoms with van der Waals surface area (Å²) < 4.78 is 13.5. The third-order valence-electron chi connectivity index (χ3n) is 7.35. The van der Waals surface area contributed by atoms with Crippen molar-refractivity contribution in [1.29, 1.82) is 0 Å². The second-order valence-electron chi connectivity index (χ2n) is 10.2. The molecule has 0 unspecified atom stereocenters. The Hall–Kier alpha value is -5.89. The van der Waals surface area contributed by atoms with Crippen molar-refractivity contribution in [3.8, 4) is 39.7 Å². The molecule has 0 bridgehead atoms. The van der Waals surface area contributed by atoms with Crippen molar-refractivity contribution in [2.24, 2.45) is 0 Å². The first kappa shape index (κ1) is 29.2. The lowest BCUT2D eigenvalue weighted by Gasteiger charge is -2.28. The summed E-state index contributed by atoms with van der Waals surface area (Å²) in [7, 11) is 0. The van der Waals surface area contributed by atoms with Crippen LogP contribution >= 0.6 is 0 Å². The first-order valence-electron chi connectivity index (χ1n) is 14.7. The van der Waals surface area contributed by atoms with Gasteiger partial charge in [-0.1, -0.05) is 78.9 Å². The van der Waals surface area contributed by atoms with E-state index in [0.29, 0.717) is 30.3 Å². The largest absolute Gasteiger partial charge is 0.494 e. The molecule has 224 valence electrons. The van der Waals surface area contributed by atoms with Gasteiger partial charge in [0.15, 0.2) is 0 Å². The van der Waals surface area contributed by atoms with Crippen LogP contribution in [0.1, 0.15) is 19.4 Å². The summed E-state index contributed by atoms with van der Waals surface area (Å²) in [6.07, 6.45) is 1.55. The van der Waals surface area contributed by atoms with Crippen LogP contribution in [0.4, 0.5) is 10.5 Å². The third kappa shape index (κ3) is 5.73. The fourth-order valence-corrected chi connectivity index (χ4v) is 5.44. The number of benzene rings is 4. The number of hydrogen-bond acceptors (Lipinski definition) is 5. The van der Waals surface area contributed by atoms with Gasteiger partial charge >= 0.3 is 6.03 Å². The van der Waals surface area contributed by atoms with Crippen molar-refractivity contribution in [3.05, 3.63) is 126 Å². The molecule has 1 aliphatic heterocycles. The lowest BCUT2D eigenvalue weighted by Crippen LogP contribution is -2.54. The van der Waals surface area contributed by atoms with Gasteiger partial charge in [-0.25, -0.2) is 9.69 Å². The maximum Gasteiger partial charge on any atom is 0.336 e. The Morgan fingerprint density at radius 3 is 1.98 bits per heavy atom. The molecule has 5 aromatic rings. The summed E-state index contributed by atoms with van der Waals surface area (Å²) >= 11 is 0. The number of nitrogens with one attached hydrogen (secondary N) is 1. The Morgan fingerprint density at radius 2 is 1.33 bits per heavy atom. The first-order chi connectivity index (χ1) is 22.0. The van der Waals surface area contributed by atoms with Gasteiger partial charge in [0.1, 0.15) is 17.1 Å². The Kier molecular flexibility index (Phi) is 8.28. The summed E-state index contributed by atoms with van der Waals surface area (Å²) in [6, 6.07) is 35.6. The predicted octanol–water partition coefficient (Wildman–Crippen LogP) is 7.28. The molecule has 1 saturated heterocycles. The number of amides is 4. The van der Waals surface area contributed by atoms with Crippen LogP contribution in [0.25, 0.3) is 34.3 Å². The summed E-state index contributed by atoms with van der Waals surface area (Å²) in [6.45, 7) is 4.34. The molecular weight excluding hydrogens is 566 g/mol. The van der Waals surface area contributed by atoms with E-state index >= 15 is 0 Å². The molecule has 1 aromatic heterocycles. The molecule has 1 N–H and O–H groups in total. The highest BCUT2D eigenvalue weighted by Gasteiger charge is 2.39. The van der Waals surface area contributed by atoms with Crippen molar-refractivity contribution < 1.29 is 23.9 Å². The van der Waals surface area contributed by atoms with E-state index in [9.17, 15) is 14.4 Å². The number of aromatic nitrogens is 1. The first-order valence-corrected chi connectivity index (χ1v) is 14.7. The topological polar surface area (TPSA) is 89.9 Å². The number of rotatable bonds is 9. The molecule has 4 amide bonds. The number of para-hydroxylation sites is 1.